The van der Waals surface area contributed by atoms with Crippen LogP contribution in [0.5, 0.6) is 0 Å². The van der Waals surface area contributed by atoms with Crippen molar-refractivity contribution in [3.8, 4) is 0 Å². The van der Waals surface area contributed by atoms with E-state index in [1.165, 1.54) is 0 Å². The molecule has 7 heteroatoms. The summed E-state index contributed by atoms with van der Waals surface area (Å²) < 4.78 is 0. The Labute approximate surface area is 133 Å². The van der Waals surface area contributed by atoms with Crippen molar-refractivity contribution in [2.75, 3.05) is 23.3 Å². The molecule has 0 radical (unpaired) electrons. The van der Waals surface area contributed by atoms with Crippen molar-refractivity contribution in [2.45, 2.75) is 19.8 Å². The minimum Gasteiger partial charge on any atom is -0.481 e. The zero-order valence-corrected chi connectivity index (χ0v) is 12.8. The first kappa shape index (κ1) is 15.3. The molecule has 122 valence electrons. The van der Waals surface area contributed by atoms with E-state index in [-0.39, 0.29) is 11.9 Å². The maximum Gasteiger partial charge on any atom is 0.321 e. The molecule has 1 fully saturated rings. The number of carboxylic acid groups (broad SMARTS) is 1. The molecule has 1 saturated carbocycles. The quantitative estimate of drug-likeness (QED) is 0.782. The van der Waals surface area contributed by atoms with E-state index in [4.69, 9.17) is 5.11 Å². The number of hydrogen-bond acceptors (Lipinski definition) is 3. The van der Waals surface area contributed by atoms with E-state index in [1.807, 2.05) is 13.0 Å². The topological polar surface area (TPSA) is 98.7 Å². The minimum absolute atomic E-state index is 0.150. The van der Waals surface area contributed by atoms with Gasteiger partial charge in [-0.1, -0.05) is 6.07 Å². The molecule has 0 spiro atoms. The van der Waals surface area contributed by atoms with E-state index in [0.717, 1.165) is 17.7 Å². The highest BCUT2D eigenvalue weighted by molar-refractivity contribution is 6.00. The number of carbonyl (C=O) groups excluding carboxylic acids is 2. The first-order chi connectivity index (χ1) is 11.0. The van der Waals surface area contributed by atoms with Gasteiger partial charge in [0, 0.05) is 18.8 Å². The van der Waals surface area contributed by atoms with Crippen molar-refractivity contribution in [2.24, 2.45) is 11.8 Å². The van der Waals surface area contributed by atoms with Gasteiger partial charge in [0.1, 0.15) is 0 Å². The summed E-state index contributed by atoms with van der Waals surface area (Å²) in [5.41, 5.74) is 2.43. The smallest absolute Gasteiger partial charge is 0.321 e. The number of amides is 3. The van der Waals surface area contributed by atoms with Crippen LogP contribution in [0, 0.1) is 11.8 Å². The Balaban J connectivity index is 1.71. The number of aliphatic carboxylic acids is 1. The Morgan fingerprint density at radius 2 is 2.09 bits per heavy atom. The lowest BCUT2D eigenvalue weighted by atomic mass is 10.1. The van der Waals surface area contributed by atoms with E-state index < -0.39 is 17.8 Å². The normalized spacial score (nSPS) is 21.5. The van der Waals surface area contributed by atoms with E-state index in [9.17, 15) is 14.4 Å². The molecule has 0 aromatic heterocycles. The SMILES string of the molecule is CCNC(=O)N1CCc2ccc(NC(=O)C3CC3C(=O)O)cc21. The Kier molecular flexibility index (Phi) is 3.94. The molecule has 0 saturated heterocycles. The van der Waals surface area contributed by atoms with Gasteiger partial charge >= 0.3 is 12.0 Å². The number of carbonyl (C=O) groups is 3. The van der Waals surface area contributed by atoms with Crippen LogP contribution in [0.15, 0.2) is 18.2 Å². The van der Waals surface area contributed by atoms with Gasteiger partial charge in [0.25, 0.3) is 0 Å². The monoisotopic (exact) mass is 317 g/mol. The summed E-state index contributed by atoms with van der Waals surface area (Å²) in [5, 5.41) is 14.4. The number of nitrogens with zero attached hydrogens (tertiary/aromatic N) is 1. The van der Waals surface area contributed by atoms with Crippen molar-refractivity contribution in [1.29, 1.82) is 0 Å². The second-order valence-electron chi connectivity index (χ2n) is 5.86. The molecular formula is C16H19N3O4. The second kappa shape index (κ2) is 5.91. The van der Waals surface area contributed by atoms with Gasteiger partial charge in [-0.15, -0.1) is 0 Å². The van der Waals surface area contributed by atoms with Crippen LogP contribution in [0.1, 0.15) is 18.9 Å². The van der Waals surface area contributed by atoms with Crippen LogP contribution in [0.4, 0.5) is 16.2 Å². The van der Waals surface area contributed by atoms with E-state index in [2.05, 4.69) is 10.6 Å². The van der Waals surface area contributed by atoms with Gasteiger partial charge in [-0.2, -0.15) is 0 Å². The van der Waals surface area contributed by atoms with E-state index in [1.54, 1.807) is 17.0 Å². The molecule has 1 aliphatic heterocycles. The number of urea groups is 1. The van der Waals surface area contributed by atoms with Crippen LogP contribution in [0.25, 0.3) is 0 Å². The van der Waals surface area contributed by atoms with E-state index >= 15 is 0 Å². The van der Waals surface area contributed by atoms with Crippen molar-refractivity contribution in [3.63, 3.8) is 0 Å². The average Bonchev–Trinajstić information content (AvgIpc) is 3.21. The van der Waals surface area contributed by atoms with Gasteiger partial charge in [-0.05, 0) is 37.5 Å². The maximum atomic E-state index is 12.0. The summed E-state index contributed by atoms with van der Waals surface area (Å²) in [6.07, 6.45) is 1.17. The molecule has 2 atom stereocenters. The molecular weight excluding hydrogens is 298 g/mol. The largest absolute Gasteiger partial charge is 0.481 e. The third-order valence-corrected chi connectivity index (χ3v) is 4.27. The Bertz CT molecular complexity index is 673. The number of carboxylic acids is 1. The molecule has 2 aliphatic rings. The van der Waals surface area contributed by atoms with Crippen LogP contribution in [0.2, 0.25) is 0 Å². The average molecular weight is 317 g/mol. The highest BCUT2D eigenvalue weighted by atomic mass is 16.4. The van der Waals surface area contributed by atoms with Crippen LogP contribution >= 0.6 is 0 Å². The maximum absolute atomic E-state index is 12.0. The van der Waals surface area contributed by atoms with Gasteiger partial charge in [0.2, 0.25) is 5.91 Å². The van der Waals surface area contributed by atoms with Crippen molar-refractivity contribution in [1.82, 2.24) is 5.32 Å². The number of nitrogens with one attached hydrogen (secondary N) is 2. The summed E-state index contributed by atoms with van der Waals surface area (Å²) >= 11 is 0. The van der Waals surface area contributed by atoms with Gasteiger partial charge < -0.3 is 15.7 Å². The fourth-order valence-electron chi connectivity index (χ4n) is 2.91. The van der Waals surface area contributed by atoms with Crippen molar-refractivity contribution in [3.05, 3.63) is 23.8 Å². The summed E-state index contributed by atoms with van der Waals surface area (Å²) in [4.78, 5) is 36.6. The lowest BCUT2D eigenvalue weighted by Crippen LogP contribution is -2.38. The molecule has 1 heterocycles. The van der Waals surface area contributed by atoms with Crippen LogP contribution in [-0.4, -0.2) is 36.1 Å². The van der Waals surface area contributed by atoms with Crippen LogP contribution in [0.3, 0.4) is 0 Å². The minimum atomic E-state index is -0.929. The molecule has 0 bridgehead atoms. The van der Waals surface area contributed by atoms with Gasteiger partial charge in [-0.25, -0.2) is 4.79 Å². The second-order valence-corrected chi connectivity index (χ2v) is 5.86. The summed E-state index contributed by atoms with van der Waals surface area (Å²) in [5.74, 6) is -2.24. The highest BCUT2D eigenvalue weighted by Gasteiger charge is 2.48. The fraction of sp³-hybridized carbons (Fsp3) is 0.438. The Hall–Kier alpha value is -2.57. The lowest BCUT2D eigenvalue weighted by Gasteiger charge is -2.18. The predicted molar refractivity (Wildman–Crippen MR) is 84.4 cm³/mol. The van der Waals surface area contributed by atoms with Crippen LogP contribution in [-0.2, 0) is 16.0 Å². The summed E-state index contributed by atoms with van der Waals surface area (Å²) in [6.45, 7) is 3.03. The molecule has 1 aromatic rings. The Morgan fingerprint density at radius 1 is 1.30 bits per heavy atom. The van der Waals surface area contributed by atoms with Crippen LogP contribution < -0.4 is 15.5 Å². The lowest BCUT2D eigenvalue weighted by molar-refractivity contribution is -0.139. The fourth-order valence-corrected chi connectivity index (χ4v) is 2.91. The molecule has 23 heavy (non-hydrogen) atoms. The standard InChI is InChI=1S/C16H19N3O4/c1-2-17-16(23)19-6-5-9-3-4-10(7-13(9)19)18-14(20)11-8-12(11)15(21)22/h3-4,7,11-12H,2,5-6,8H2,1H3,(H,17,23)(H,18,20)(H,21,22). The third kappa shape index (κ3) is 2.99. The molecule has 3 rings (SSSR count). The highest BCUT2D eigenvalue weighted by Crippen LogP contribution is 2.40. The third-order valence-electron chi connectivity index (χ3n) is 4.27. The summed E-state index contributed by atoms with van der Waals surface area (Å²) in [6, 6.07) is 5.30. The molecule has 7 nitrogen and oxygen atoms in total. The van der Waals surface area contributed by atoms with Crippen molar-refractivity contribution < 1.29 is 19.5 Å². The first-order valence-electron chi connectivity index (χ1n) is 7.73. The molecule has 1 aromatic carbocycles. The Morgan fingerprint density at radius 3 is 2.74 bits per heavy atom. The number of hydrogen-bond donors (Lipinski definition) is 3. The van der Waals surface area contributed by atoms with Gasteiger partial charge in [0.05, 0.1) is 17.5 Å². The van der Waals surface area contributed by atoms with Gasteiger partial charge in [-0.3, -0.25) is 14.5 Å². The zero-order valence-electron chi connectivity index (χ0n) is 12.8. The van der Waals surface area contributed by atoms with E-state index in [0.29, 0.717) is 25.2 Å². The number of fused-ring (bicyclic) bond motifs is 1. The van der Waals surface area contributed by atoms with Gasteiger partial charge in [0.15, 0.2) is 0 Å². The number of anilines is 2. The summed E-state index contributed by atoms with van der Waals surface area (Å²) in [7, 11) is 0. The number of rotatable bonds is 4. The molecule has 3 amide bonds. The molecule has 1 aliphatic carbocycles. The first-order valence-corrected chi connectivity index (χ1v) is 7.73. The number of benzene rings is 1. The van der Waals surface area contributed by atoms with Crippen molar-refractivity contribution >= 4 is 29.3 Å². The zero-order chi connectivity index (χ0) is 16.6. The molecule has 2 unspecified atom stereocenters. The predicted octanol–water partition coefficient (Wildman–Crippen LogP) is 1.44. The molecule has 3 N–H and O–H groups in total.